The molecule has 1 aliphatic rings. The Hall–Kier alpha value is -1.66. The van der Waals surface area contributed by atoms with E-state index in [2.05, 4.69) is 4.72 Å². The second-order valence-electron chi connectivity index (χ2n) is 6.90. The van der Waals surface area contributed by atoms with Gasteiger partial charge in [-0.3, -0.25) is 4.79 Å². The number of hydrogen-bond donors (Lipinski definition) is 1. The average Bonchev–Trinajstić information content (AvgIpc) is 2.75. The van der Waals surface area contributed by atoms with Gasteiger partial charge in [-0.05, 0) is 46.2 Å². The number of esters is 1. The zero-order valence-electron chi connectivity index (χ0n) is 14.6. The van der Waals surface area contributed by atoms with Gasteiger partial charge in [0, 0.05) is 12.5 Å². The number of carbonyl (C=O) groups is 1. The van der Waals surface area contributed by atoms with Crippen molar-refractivity contribution in [3.63, 3.8) is 0 Å². The first-order chi connectivity index (χ1) is 11.1. The van der Waals surface area contributed by atoms with Crippen molar-refractivity contribution in [3.8, 4) is 0 Å². The zero-order valence-corrected chi connectivity index (χ0v) is 15.4. The fraction of sp³-hybridized carbons (Fsp3) is 0.500. The molecule has 1 aromatic rings. The Morgan fingerprint density at radius 3 is 2.50 bits per heavy atom. The summed E-state index contributed by atoms with van der Waals surface area (Å²) in [7, 11) is -3.51. The molecule has 6 heteroatoms. The Bertz CT molecular complexity index is 733. The number of rotatable bonds is 6. The summed E-state index contributed by atoms with van der Waals surface area (Å²) < 4.78 is 32.4. The number of hydrogen-bond acceptors (Lipinski definition) is 4. The van der Waals surface area contributed by atoms with Crippen molar-refractivity contribution in [1.82, 2.24) is 4.72 Å². The molecule has 2 rings (SSSR count). The molecule has 1 aliphatic heterocycles. The normalized spacial score (nSPS) is 20.9. The molecule has 0 saturated carbocycles. The van der Waals surface area contributed by atoms with Crippen LogP contribution in [-0.2, 0) is 19.6 Å². The lowest BCUT2D eigenvalue weighted by Crippen LogP contribution is -2.27. The monoisotopic (exact) mass is 351 g/mol. The molecular formula is C18H25NO4S. The molecule has 1 unspecified atom stereocenters. The lowest BCUT2D eigenvalue weighted by atomic mass is 9.87. The minimum absolute atomic E-state index is 0.119. The van der Waals surface area contributed by atoms with Gasteiger partial charge in [-0.15, -0.1) is 0 Å². The molecule has 1 aromatic carbocycles. The summed E-state index contributed by atoms with van der Waals surface area (Å²) in [6.45, 7) is 7.85. The second kappa shape index (κ2) is 7.07. The highest BCUT2D eigenvalue weighted by Gasteiger charge is 2.40. The van der Waals surface area contributed by atoms with Gasteiger partial charge in [-0.25, -0.2) is 13.1 Å². The Kier molecular flexibility index (Phi) is 5.50. The summed E-state index contributed by atoms with van der Waals surface area (Å²) in [5, 5.41) is 0. The van der Waals surface area contributed by atoms with Crippen molar-refractivity contribution in [3.05, 3.63) is 41.5 Å². The molecule has 0 aromatic heterocycles. The van der Waals surface area contributed by atoms with Crippen molar-refractivity contribution in [2.75, 3.05) is 6.54 Å². The Morgan fingerprint density at radius 1 is 1.33 bits per heavy atom. The van der Waals surface area contributed by atoms with Crippen molar-refractivity contribution in [2.45, 2.75) is 51.0 Å². The maximum Gasteiger partial charge on any atom is 0.306 e. The fourth-order valence-electron chi connectivity index (χ4n) is 2.66. The van der Waals surface area contributed by atoms with Crippen LogP contribution in [0.1, 0.15) is 39.2 Å². The van der Waals surface area contributed by atoms with Crippen molar-refractivity contribution in [2.24, 2.45) is 5.92 Å². The lowest BCUT2D eigenvalue weighted by molar-refractivity contribution is -0.146. The van der Waals surface area contributed by atoms with E-state index in [1.54, 1.807) is 24.3 Å². The molecule has 0 bridgehead atoms. The predicted molar refractivity (Wildman–Crippen MR) is 93.0 cm³/mol. The van der Waals surface area contributed by atoms with Crippen LogP contribution in [0.4, 0.5) is 0 Å². The standard InChI is InChI=1S/C18H25NO4S/c1-13-6-9-16(10-7-13)24(21,22)19-12-14(2)5-8-15-11-17(20)23-18(15,3)4/h5-7,9-10,15,19H,8,11-12H2,1-4H3/b14-5+. The van der Waals surface area contributed by atoms with E-state index in [0.29, 0.717) is 12.8 Å². The quantitative estimate of drug-likeness (QED) is 0.632. The number of benzene rings is 1. The molecule has 0 radical (unpaired) electrons. The Morgan fingerprint density at radius 2 is 1.96 bits per heavy atom. The molecular weight excluding hydrogens is 326 g/mol. The van der Waals surface area contributed by atoms with Crippen LogP contribution in [0.3, 0.4) is 0 Å². The molecule has 0 spiro atoms. The summed E-state index contributed by atoms with van der Waals surface area (Å²) in [6.07, 6.45) is 3.08. The van der Waals surface area contributed by atoms with Gasteiger partial charge in [0.2, 0.25) is 10.0 Å². The third kappa shape index (κ3) is 4.68. The molecule has 1 atom stereocenters. The number of nitrogens with one attached hydrogen (secondary N) is 1. The van der Waals surface area contributed by atoms with Crippen molar-refractivity contribution >= 4 is 16.0 Å². The smallest absolute Gasteiger partial charge is 0.306 e. The van der Waals surface area contributed by atoms with Crippen LogP contribution in [-0.4, -0.2) is 26.5 Å². The second-order valence-corrected chi connectivity index (χ2v) is 8.67. The van der Waals surface area contributed by atoms with Gasteiger partial charge in [0.15, 0.2) is 0 Å². The van der Waals surface area contributed by atoms with E-state index < -0.39 is 15.6 Å². The molecule has 132 valence electrons. The minimum Gasteiger partial charge on any atom is -0.459 e. The van der Waals surface area contributed by atoms with Gasteiger partial charge in [0.1, 0.15) is 5.60 Å². The third-order valence-electron chi connectivity index (χ3n) is 4.40. The summed E-state index contributed by atoms with van der Waals surface area (Å²) in [6, 6.07) is 6.74. The van der Waals surface area contributed by atoms with Gasteiger partial charge in [-0.1, -0.05) is 29.3 Å². The number of ether oxygens (including phenoxy) is 1. The highest BCUT2D eigenvalue weighted by Crippen LogP contribution is 2.35. The Balaban J connectivity index is 1.93. The number of aryl methyl sites for hydroxylation is 1. The van der Waals surface area contributed by atoms with E-state index in [1.165, 1.54) is 0 Å². The molecule has 5 nitrogen and oxygen atoms in total. The van der Waals surface area contributed by atoms with Crippen LogP contribution in [0.2, 0.25) is 0 Å². The van der Waals surface area contributed by atoms with Crippen LogP contribution < -0.4 is 4.72 Å². The van der Waals surface area contributed by atoms with Crippen LogP contribution in [0.15, 0.2) is 40.8 Å². The maximum absolute atomic E-state index is 12.3. The Labute approximate surface area is 144 Å². The molecule has 1 saturated heterocycles. The summed E-state index contributed by atoms with van der Waals surface area (Å²) in [4.78, 5) is 11.7. The van der Waals surface area contributed by atoms with Gasteiger partial charge in [0.05, 0.1) is 11.3 Å². The SMILES string of the molecule is C/C(=C\CC1CC(=O)OC1(C)C)CNS(=O)(=O)c1ccc(C)cc1. The van der Waals surface area contributed by atoms with Crippen LogP contribution in [0, 0.1) is 12.8 Å². The van der Waals surface area contributed by atoms with E-state index in [1.807, 2.05) is 33.8 Å². The number of allylic oxidation sites excluding steroid dienone is 1. The molecule has 0 amide bonds. The first kappa shape index (κ1) is 18.7. The largest absolute Gasteiger partial charge is 0.459 e. The first-order valence-electron chi connectivity index (χ1n) is 8.04. The highest BCUT2D eigenvalue weighted by atomic mass is 32.2. The summed E-state index contributed by atoms with van der Waals surface area (Å²) >= 11 is 0. The van der Waals surface area contributed by atoms with E-state index in [4.69, 9.17) is 4.74 Å². The van der Waals surface area contributed by atoms with Gasteiger partial charge in [-0.2, -0.15) is 0 Å². The molecule has 1 N–H and O–H groups in total. The van der Waals surface area contributed by atoms with Gasteiger partial charge in [0.25, 0.3) is 0 Å². The first-order valence-corrected chi connectivity index (χ1v) is 9.52. The molecule has 0 aliphatic carbocycles. The van der Waals surface area contributed by atoms with E-state index >= 15 is 0 Å². The number of cyclic esters (lactones) is 1. The summed E-state index contributed by atoms with van der Waals surface area (Å²) in [5.41, 5.74) is 1.47. The zero-order chi connectivity index (χ0) is 18.0. The van der Waals surface area contributed by atoms with E-state index in [-0.39, 0.29) is 23.3 Å². The van der Waals surface area contributed by atoms with Crippen LogP contribution >= 0.6 is 0 Å². The van der Waals surface area contributed by atoms with Crippen molar-refractivity contribution in [1.29, 1.82) is 0 Å². The molecule has 24 heavy (non-hydrogen) atoms. The van der Waals surface area contributed by atoms with Crippen LogP contribution in [0.25, 0.3) is 0 Å². The number of sulfonamides is 1. The lowest BCUT2D eigenvalue weighted by Gasteiger charge is -2.23. The van der Waals surface area contributed by atoms with Gasteiger partial charge < -0.3 is 4.74 Å². The van der Waals surface area contributed by atoms with Crippen molar-refractivity contribution < 1.29 is 17.9 Å². The van der Waals surface area contributed by atoms with Gasteiger partial charge >= 0.3 is 5.97 Å². The minimum atomic E-state index is -3.51. The fourth-order valence-corrected chi connectivity index (χ4v) is 3.74. The highest BCUT2D eigenvalue weighted by molar-refractivity contribution is 7.89. The van der Waals surface area contributed by atoms with E-state index in [0.717, 1.165) is 11.1 Å². The third-order valence-corrected chi connectivity index (χ3v) is 5.81. The van der Waals surface area contributed by atoms with E-state index in [9.17, 15) is 13.2 Å². The summed E-state index contributed by atoms with van der Waals surface area (Å²) in [5.74, 6) is -0.0511. The predicted octanol–water partition coefficient (Wildman–Crippen LogP) is 2.95. The molecule has 1 heterocycles. The average molecular weight is 351 g/mol. The number of carbonyl (C=O) groups excluding carboxylic acids is 1. The van der Waals surface area contributed by atoms with Crippen LogP contribution in [0.5, 0.6) is 0 Å². The molecule has 1 fully saturated rings. The maximum atomic E-state index is 12.3. The topological polar surface area (TPSA) is 72.5 Å².